The highest BCUT2D eigenvalue weighted by molar-refractivity contribution is 7.92. The fraction of sp³-hybridized carbons (Fsp3) is 0.375. The molecule has 35 heavy (non-hydrogen) atoms. The number of carbonyl (C=O) groups is 1. The molecule has 1 fully saturated rings. The van der Waals surface area contributed by atoms with Crippen LogP contribution in [0.3, 0.4) is 0 Å². The molecular formula is C24H24N2O7S2. The molecule has 5 rings (SSSR count). The lowest BCUT2D eigenvalue weighted by molar-refractivity contribution is 0.0694. The number of aromatic nitrogens is 2. The second-order valence-electron chi connectivity index (χ2n) is 8.64. The molecule has 1 N–H and O–H groups in total. The highest BCUT2D eigenvalue weighted by Gasteiger charge is 2.41. The summed E-state index contributed by atoms with van der Waals surface area (Å²) < 4.78 is 39.8. The van der Waals surface area contributed by atoms with Crippen LogP contribution in [0.25, 0.3) is 21.8 Å². The van der Waals surface area contributed by atoms with E-state index < -0.39 is 32.2 Å². The number of nitrogens with zero attached hydrogens (tertiary/aromatic N) is 2. The minimum absolute atomic E-state index is 0.0661. The number of hydrogen-bond donors (Lipinski definition) is 1. The molecule has 3 aromatic rings. The van der Waals surface area contributed by atoms with Crippen LogP contribution in [0.4, 0.5) is 0 Å². The van der Waals surface area contributed by atoms with Gasteiger partial charge in [0, 0.05) is 49.4 Å². The number of hydrogen-bond acceptors (Lipinski definition) is 8. The Balaban J connectivity index is 1.80. The van der Waals surface area contributed by atoms with Crippen LogP contribution >= 0.6 is 11.3 Å². The van der Waals surface area contributed by atoms with E-state index in [1.807, 2.05) is 5.38 Å². The number of sulfone groups is 1. The summed E-state index contributed by atoms with van der Waals surface area (Å²) in [5.74, 6) is -0.984. The van der Waals surface area contributed by atoms with Crippen molar-refractivity contribution in [2.45, 2.75) is 42.4 Å². The highest BCUT2D eigenvalue weighted by Crippen LogP contribution is 2.50. The molecule has 1 aromatic carbocycles. The van der Waals surface area contributed by atoms with Crippen LogP contribution in [0.1, 0.15) is 53.4 Å². The molecule has 184 valence electrons. The first-order chi connectivity index (χ1) is 16.8. The topological polar surface area (TPSA) is 125 Å². The summed E-state index contributed by atoms with van der Waals surface area (Å²) in [4.78, 5) is 29.5. The van der Waals surface area contributed by atoms with Crippen LogP contribution in [0.5, 0.6) is 5.75 Å². The van der Waals surface area contributed by atoms with Gasteiger partial charge in [-0.3, -0.25) is 4.79 Å². The van der Waals surface area contributed by atoms with Gasteiger partial charge in [-0.1, -0.05) is 0 Å². The molecule has 9 nitrogen and oxygen atoms in total. The largest absolute Gasteiger partial charge is 0.493 e. The number of rotatable bonds is 8. The van der Waals surface area contributed by atoms with Crippen LogP contribution in [0.15, 0.2) is 39.5 Å². The summed E-state index contributed by atoms with van der Waals surface area (Å²) in [6.45, 7) is 2.35. The first-order valence-corrected chi connectivity index (χ1v) is 13.6. The van der Waals surface area contributed by atoms with Crippen molar-refractivity contribution >= 4 is 27.1 Å². The van der Waals surface area contributed by atoms with Gasteiger partial charge in [0.2, 0.25) is 0 Å². The fourth-order valence-corrected chi connectivity index (χ4v) is 6.74. The number of methoxy groups -OCH3 is 1. The minimum atomic E-state index is -3.88. The number of benzene rings is 1. The number of thiazole rings is 1. The fourth-order valence-electron chi connectivity index (χ4n) is 4.45. The average molecular weight is 517 g/mol. The quantitative estimate of drug-likeness (QED) is 0.447. The third kappa shape index (κ3) is 3.97. The molecule has 0 bridgehead atoms. The first-order valence-electron chi connectivity index (χ1n) is 11.2. The van der Waals surface area contributed by atoms with Crippen molar-refractivity contribution in [1.29, 1.82) is 0 Å². The predicted octanol–water partition coefficient (Wildman–Crippen LogP) is 3.94. The molecule has 2 aromatic heterocycles. The van der Waals surface area contributed by atoms with E-state index in [1.54, 1.807) is 19.4 Å². The molecule has 2 aliphatic rings. The van der Waals surface area contributed by atoms with Gasteiger partial charge in [0.1, 0.15) is 16.3 Å². The molecule has 1 saturated carbocycles. The van der Waals surface area contributed by atoms with Crippen LogP contribution in [-0.4, -0.2) is 49.4 Å². The smallest absolute Gasteiger partial charge is 0.341 e. The van der Waals surface area contributed by atoms with Gasteiger partial charge in [0.15, 0.2) is 9.84 Å². The van der Waals surface area contributed by atoms with E-state index in [0.29, 0.717) is 52.8 Å². The zero-order chi connectivity index (χ0) is 24.9. The lowest BCUT2D eigenvalue weighted by atomic mass is 9.98. The lowest BCUT2D eigenvalue weighted by Crippen LogP contribution is -2.31. The van der Waals surface area contributed by atoms with Gasteiger partial charge in [-0.15, -0.1) is 11.3 Å². The summed E-state index contributed by atoms with van der Waals surface area (Å²) in [5, 5.41) is 11.1. The van der Waals surface area contributed by atoms with Crippen molar-refractivity contribution in [3.8, 4) is 27.6 Å². The van der Waals surface area contributed by atoms with Crippen molar-refractivity contribution < 1.29 is 27.8 Å². The lowest BCUT2D eigenvalue weighted by Gasteiger charge is -2.29. The van der Waals surface area contributed by atoms with Crippen molar-refractivity contribution in [2.75, 3.05) is 20.3 Å². The maximum absolute atomic E-state index is 13.6. The Labute approximate surface area is 205 Å². The van der Waals surface area contributed by atoms with Gasteiger partial charge in [-0.25, -0.2) is 18.2 Å². The van der Waals surface area contributed by atoms with Crippen LogP contribution < -0.4 is 10.3 Å². The van der Waals surface area contributed by atoms with Gasteiger partial charge >= 0.3 is 5.97 Å². The SMILES string of the molecule is COCCCOc1cc2c(cc1-c1nccs1)-c1c(cc(C(=O)O)c(=O)n1C1CC1)C(C)S2(=O)=O. The molecular weight excluding hydrogens is 492 g/mol. The predicted molar refractivity (Wildman–Crippen MR) is 130 cm³/mol. The second kappa shape index (κ2) is 8.89. The number of carboxylic acids is 1. The molecule has 1 aliphatic heterocycles. The molecule has 0 spiro atoms. The first kappa shape index (κ1) is 23.7. The molecule has 1 atom stereocenters. The van der Waals surface area contributed by atoms with Crippen molar-refractivity contribution in [1.82, 2.24) is 9.55 Å². The Morgan fingerprint density at radius 3 is 2.63 bits per heavy atom. The van der Waals surface area contributed by atoms with Gasteiger partial charge in [-0.2, -0.15) is 0 Å². The minimum Gasteiger partial charge on any atom is -0.493 e. The van der Waals surface area contributed by atoms with Gasteiger partial charge < -0.3 is 19.1 Å². The summed E-state index contributed by atoms with van der Waals surface area (Å²) in [5.41, 5.74) is 0.729. The second-order valence-corrected chi connectivity index (χ2v) is 11.8. The Kier molecular flexibility index (Phi) is 6.02. The molecule has 0 amide bonds. The highest BCUT2D eigenvalue weighted by atomic mass is 32.2. The molecule has 1 unspecified atom stereocenters. The Hall–Kier alpha value is -3.02. The molecule has 3 heterocycles. The number of carboxylic acid groups (broad SMARTS) is 1. The van der Waals surface area contributed by atoms with E-state index in [1.165, 1.54) is 35.0 Å². The van der Waals surface area contributed by atoms with E-state index in [0.717, 1.165) is 12.8 Å². The van der Waals surface area contributed by atoms with E-state index >= 15 is 0 Å². The van der Waals surface area contributed by atoms with E-state index in [2.05, 4.69) is 4.98 Å². The van der Waals surface area contributed by atoms with Crippen molar-refractivity contribution in [3.63, 3.8) is 0 Å². The third-order valence-corrected chi connectivity index (χ3v) is 9.31. The molecule has 11 heteroatoms. The summed E-state index contributed by atoms with van der Waals surface area (Å²) in [6.07, 6.45) is 3.73. The van der Waals surface area contributed by atoms with Crippen LogP contribution in [0, 0.1) is 0 Å². The van der Waals surface area contributed by atoms with Gasteiger partial charge in [0.25, 0.3) is 5.56 Å². The zero-order valence-electron chi connectivity index (χ0n) is 19.2. The number of pyridine rings is 1. The molecule has 0 saturated heterocycles. The molecule has 0 radical (unpaired) electrons. The Bertz CT molecular complexity index is 1470. The molecule has 1 aliphatic carbocycles. The number of fused-ring (bicyclic) bond motifs is 3. The van der Waals surface area contributed by atoms with E-state index in [9.17, 15) is 23.1 Å². The monoisotopic (exact) mass is 516 g/mol. The standard InChI is InChI=1S/C24H24N2O7S2/c1-13-15-10-18(24(28)29)23(27)26(14-4-5-14)21(15)17-11-16(22-25-6-9-34-22)19(33-8-3-7-32-2)12-20(17)35(13,30)31/h6,9-14H,3-5,7-8H2,1-2H3,(H,28,29). The van der Waals surface area contributed by atoms with Crippen LogP contribution in [-0.2, 0) is 14.6 Å². The number of aromatic carboxylic acids is 1. The maximum Gasteiger partial charge on any atom is 0.341 e. The Morgan fingerprint density at radius 1 is 1.23 bits per heavy atom. The Morgan fingerprint density at radius 2 is 2.00 bits per heavy atom. The summed E-state index contributed by atoms with van der Waals surface area (Å²) in [6, 6.07) is 4.29. The van der Waals surface area contributed by atoms with Gasteiger partial charge in [-0.05, 0) is 37.5 Å². The zero-order valence-corrected chi connectivity index (χ0v) is 20.8. The third-order valence-electron chi connectivity index (χ3n) is 6.37. The number of ether oxygens (including phenoxy) is 2. The maximum atomic E-state index is 13.6. The van der Waals surface area contributed by atoms with Crippen molar-refractivity contribution in [2.24, 2.45) is 0 Å². The summed E-state index contributed by atoms with van der Waals surface area (Å²) in [7, 11) is -2.29. The van der Waals surface area contributed by atoms with E-state index in [-0.39, 0.29) is 10.9 Å². The van der Waals surface area contributed by atoms with Gasteiger partial charge in [0.05, 0.1) is 28.0 Å². The normalized spacial score (nSPS) is 18.1. The van der Waals surface area contributed by atoms with Crippen molar-refractivity contribution in [3.05, 3.63) is 51.3 Å². The average Bonchev–Trinajstić information content (AvgIpc) is 3.51. The van der Waals surface area contributed by atoms with Crippen LogP contribution in [0.2, 0.25) is 0 Å². The van der Waals surface area contributed by atoms with E-state index in [4.69, 9.17) is 9.47 Å². The summed E-state index contributed by atoms with van der Waals surface area (Å²) >= 11 is 1.39.